The van der Waals surface area contributed by atoms with Gasteiger partial charge in [0, 0.05) is 44.5 Å². The Labute approximate surface area is 158 Å². The van der Waals surface area contributed by atoms with Crippen LogP contribution in [0.2, 0.25) is 0 Å². The third-order valence-electron chi connectivity index (χ3n) is 6.26. The van der Waals surface area contributed by atoms with Crippen molar-refractivity contribution < 1.29 is 9.13 Å². The Kier molecular flexibility index (Phi) is 4.53. The number of likely N-dealkylation sites (tertiary alicyclic amines) is 1. The first kappa shape index (κ1) is 17.1. The lowest BCUT2D eigenvalue weighted by Crippen LogP contribution is -2.34. The molecule has 142 valence electrons. The van der Waals surface area contributed by atoms with Crippen molar-refractivity contribution in [1.29, 1.82) is 0 Å². The summed E-state index contributed by atoms with van der Waals surface area (Å²) in [5, 5.41) is 12.0. The van der Waals surface area contributed by atoms with Gasteiger partial charge in [0.05, 0.1) is 5.69 Å². The van der Waals surface area contributed by atoms with E-state index in [1.807, 2.05) is 18.2 Å². The highest BCUT2D eigenvalue weighted by Crippen LogP contribution is 2.47. The summed E-state index contributed by atoms with van der Waals surface area (Å²) in [4.78, 5) is 2.62. The zero-order valence-electron chi connectivity index (χ0n) is 15.4. The van der Waals surface area contributed by atoms with Gasteiger partial charge in [0.1, 0.15) is 11.6 Å². The summed E-state index contributed by atoms with van der Waals surface area (Å²) in [7, 11) is 0. The van der Waals surface area contributed by atoms with Gasteiger partial charge in [-0.3, -0.25) is 0 Å². The molecule has 5 nitrogen and oxygen atoms in total. The molecule has 1 aliphatic carbocycles. The summed E-state index contributed by atoms with van der Waals surface area (Å²) in [5.74, 6) is 2.76. The minimum atomic E-state index is -0.270. The lowest BCUT2D eigenvalue weighted by atomic mass is 10.00. The number of nitrogens with zero attached hydrogens (tertiary/aromatic N) is 3. The van der Waals surface area contributed by atoms with Crippen molar-refractivity contribution in [2.45, 2.75) is 18.9 Å². The average molecular weight is 368 g/mol. The van der Waals surface area contributed by atoms with E-state index in [4.69, 9.17) is 4.74 Å². The number of hydrogen-bond acceptors (Lipinski definition) is 5. The zero-order chi connectivity index (χ0) is 18.2. The Morgan fingerprint density at radius 2 is 1.81 bits per heavy atom. The zero-order valence-corrected chi connectivity index (χ0v) is 15.4. The average Bonchev–Trinajstić information content (AvgIpc) is 3.14. The third-order valence-corrected chi connectivity index (χ3v) is 6.26. The Balaban J connectivity index is 1.14. The smallest absolute Gasteiger partial charge is 0.148 e. The van der Waals surface area contributed by atoms with Gasteiger partial charge in [-0.1, -0.05) is 12.1 Å². The Hall–Kier alpha value is -2.05. The van der Waals surface area contributed by atoms with Crippen LogP contribution in [0.15, 0.2) is 36.4 Å². The van der Waals surface area contributed by atoms with Crippen molar-refractivity contribution >= 4 is 5.82 Å². The number of piperidine rings is 1. The fraction of sp³-hybridized carbons (Fsp3) is 0.524. The van der Waals surface area contributed by atoms with E-state index in [1.165, 1.54) is 38.5 Å². The van der Waals surface area contributed by atoms with Crippen LogP contribution in [0.3, 0.4) is 0 Å². The number of ether oxygens (including phenoxy) is 1. The molecule has 0 radical (unpaired) electrons. The number of fused-ring (bicyclic) bond motifs is 1. The van der Waals surface area contributed by atoms with Crippen molar-refractivity contribution in [2.75, 3.05) is 38.2 Å². The second-order valence-corrected chi connectivity index (χ2v) is 8.06. The summed E-state index contributed by atoms with van der Waals surface area (Å²) in [6, 6.07) is 10.9. The minimum Gasteiger partial charge on any atom is -0.381 e. The lowest BCUT2D eigenvalue weighted by molar-refractivity contribution is 0.0540. The van der Waals surface area contributed by atoms with Gasteiger partial charge in [-0.05, 0) is 54.9 Å². The molecule has 0 spiro atoms. The van der Waals surface area contributed by atoms with E-state index in [2.05, 4.69) is 20.4 Å². The number of rotatable bonds is 5. The molecular formula is C21H25FN4O. The number of hydrogen-bond donors (Lipinski definition) is 1. The van der Waals surface area contributed by atoms with Crippen LogP contribution in [0, 0.1) is 23.6 Å². The first-order valence-corrected chi connectivity index (χ1v) is 9.93. The van der Waals surface area contributed by atoms with Gasteiger partial charge in [-0.15, -0.1) is 10.2 Å². The molecule has 1 saturated carbocycles. The monoisotopic (exact) mass is 368 g/mol. The predicted octanol–water partition coefficient (Wildman–Crippen LogP) is 3.05. The molecular weight excluding hydrogens is 343 g/mol. The SMILES string of the molecule is Fc1ccccc1-c1ccc(N[C@@H]2[C@@H]3CN(CC4CCOCC4)C[C@@H]32)nn1. The minimum absolute atomic E-state index is 0.270. The number of nitrogens with one attached hydrogen (secondary N) is 1. The molecule has 1 aromatic carbocycles. The maximum atomic E-state index is 13.9. The molecule has 3 aliphatic rings. The maximum absolute atomic E-state index is 13.9. The summed E-state index contributed by atoms with van der Waals surface area (Å²) in [6.07, 6.45) is 2.41. The number of anilines is 1. The van der Waals surface area contributed by atoms with Gasteiger partial charge < -0.3 is 15.0 Å². The Morgan fingerprint density at radius 1 is 1.04 bits per heavy atom. The molecule has 1 aromatic heterocycles. The van der Waals surface area contributed by atoms with Crippen LogP contribution in [-0.4, -0.2) is 54.0 Å². The molecule has 0 unspecified atom stereocenters. The number of benzene rings is 1. The summed E-state index contributed by atoms with van der Waals surface area (Å²) < 4.78 is 19.3. The standard InChI is InChI=1S/C21H25FN4O/c22-18-4-2-1-3-15(18)19-5-6-20(25-24-19)23-21-16-12-26(13-17(16)21)11-14-7-9-27-10-8-14/h1-6,14,16-17,21H,7-13H2,(H,23,25)/t16-,17+,21-. The van der Waals surface area contributed by atoms with Gasteiger partial charge in [-0.2, -0.15) is 0 Å². The van der Waals surface area contributed by atoms with Crippen LogP contribution in [-0.2, 0) is 4.74 Å². The van der Waals surface area contributed by atoms with Crippen LogP contribution in [0.4, 0.5) is 10.2 Å². The Morgan fingerprint density at radius 3 is 2.52 bits per heavy atom. The third kappa shape index (κ3) is 3.56. The van der Waals surface area contributed by atoms with Crippen LogP contribution in [0.1, 0.15) is 12.8 Å². The van der Waals surface area contributed by atoms with Crippen molar-refractivity contribution in [1.82, 2.24) is 15.1 Å². The second-order valence-electron chi connectivity index (χ2n) is 8.06. The molecule has 2 saturated heterocycles. The topological polar surface area (TPSA) is 50.3 Å². The highest BCUT2D eigenvalue weighted by Gasteiger charge is 2.55. The number of halogens is 1. The lowest BCUT2D eigenvalue weighted by Gasteiger charge is -2.28. The molecule has 6 heteroatoms. The van der Waals surface area contributed by atoms with Crippen molar-refractivity contribution in [3.63, 3.8) is 0 Å². The van der Waals surface area contributed by atoms with Gasteiger partial charge >= 0.3 is 0 Å². The van der Waals surface area contributed by atoms with E-state index < -0.39 is 0 Å². The van der Waals surface area contributed by atoms with E-state index in [0.717, 1.165) is 36.8 Å². The molecule has 5 rings (SSSR count). The first-order chi connectivity index (χ1) is 13.3. The van der Waals surface area contributed by atoms with Crippen LogP contribution >= 0.6 is 0 Å². The fourth-order valence-electron chi connectivity index (χ4n) is 4.66. The van der Waals surface area contributed by atoms with Crippen LogP contribution < -0.4 is 5.32 Å². The van der Waals surface area contributed by atoms with E-state index in [-0.39, 0.29) is 5.82 Å². The molecule has 2 aliphatic heterocycles. The van der Waals surface area contributed by atoms with Crippen molar-refractivity contribution in [2.24, 2.45) is 17.8 Å². The van der Waals surface area contributed by atoms with E-state index in [1.54, 1.807) is 12.1 Å². The normalized spacial score (nSPS) is 28.1. The molecule has 0 bridgehead atoms. The summed E-state index contributed by atoms with van der Waals surface area (Å²) in [6.45, 7) is 5.44. The molecule has 0 amide bonds. The first-order valence-electron chi connectivity index (χ1n) is 9.93. The summed E-state index contributed by atoms with van der Waals surface area (Å²) in [5.41, 5.74) is 1.06. The van der Waals surface area contributed by atoms with Crippen LogP contribution in [0.5, 0.6) is 0 Å². The second kappa shape index (κ2) is 7.17. The van der Waals surface area contributed by atoms with Gasteiger partial charge in [-0.25, -0.2) is 4.39 Å². The molecule has 3 fully saturated rings. The van der Waals surface area contributed by atoms with E-state index >= 15 is 0 Å². The van der Waals surface area contributed by atoms with Crippen molar-refractivity contribution in [3.8, 4) is 11.3 Å². The predicted molar refractivity (Wildman–Crippen MR) is 102 cm³/mol. The van der Waals surface area contributed by atoms with Crippen LogP contribution in [0.25, 0.3) is 11.3 Å². The fourth-order valence-corrected chi connectivity index (χ4v) is 4.66. The number of aromatic nitrogens is 2. The maximum Gasteiger partial charge on any atom is 0.148 e. The summed E-state index contributed by atoms with van der Waals surface area (Å²) >= 11 is 0. The molecule has 2 aromatic rings. The van der Waals surface area contributed by atoms with Gasteiger partial charge in [0.2, 0.25) is 0 Å². The van der Waals surface area contributed by atoms with E-state index in [0.29, 0.717) is 17.3 Å². The quantitative estimate of drug-likeness (QED) is 0.879. The van der Waals surface area contributed by atoms with Crippen molar-refractivity contribution in [3.05, 3.63) is 42.2 Å². The molecule has 3 heterocycles. The Bertz CT molecular complexity index is 781. The highest BCUT2D eigenvalue weighted by atomic mass is 19.1. The molecule has 27 heavy (non-hydrogen) atoms. The molecule has 1 N–H and O–H groups in total. The largest absolute Gasteiger partial charge is 0.381 e. The molecule has 3 atom stereocenters. The van der Waals surface area contributed by atoms with E-state index in [9.17, 15) is 4.39 Å². The highest BCUT2D eigenvalue weighted by molar-refractivity contribution is 5.60. The van der Waals surface area contributed by atoms with Gasteiger partial charge in [0.25, 0.3) is 0 Å². The van der Waals surface area contributed by atoms with Gasteiger partial charge in [0.15, 0.2) is 0 Å².